The van der Waals surface area contributed by atoms with Gasteiger partial charge in [-0.2, -0.15) is 0 Å². The molecule has 1 aliphatic carbocycles. The van der Waals surface area contributed by atoms with Crippen molar-refractivity contribution >= 4 is 0 Å². The molecule has 0 amide bonds. The molecule has 0 aromatic heterocycles. The molecule has 0 saturated heterocycles. The first-order valence-corrected chi connectivity index (χ1v) is 6.37. The number of hydrogen-bond donors (Lipinski definition) is 1. The summed E-state index contributed by atoms with van der Waals surface area (Å²) in [6.07, 6.45) is 3.48. The van der Waals surface area contributed by atoms with Crippen molar-refractivity contribution in [1.29, 1.82) is 0 Å². The fourth-order valence-electron chi connectivity index (χ4n) is 2.54. The van der Waals surface area contributed by atoms with Gasteiger partial charge in [-0.25, -0.2) is 0 Å². The number of ether oxygens (including phenoxy) is 1. The molecule has 1 saturated carbocycles. The Hall–Kier alpha value is -0.860. The monoisotopic (exact) mass is 233 g/mol. The van der Waals surface area contributed by atoms with Gasteiger partial charge in [0.1, 0.15) is 0 Å². The topological polar surface area (TPSA) is 35.2 Å². The van der Waals surface area contributed by atoms with Crippen molar-refractivity contribution in [3.63, 3.8) is 0 Å². The van der Waals surface area contributed by atoms with Gasteiger partial charge >= 0.3 is 0 Å². The van der Waals surface area contributed by atoms with Gasteiger partial charge in [0.2, 0.25) is 0 Å². The third kappa shape index (κ3) is 2.38. The highest BCUT2D eigenvalue weighted by atomic mass is 16.5. The van der Waals surface area contributed by atoms with Crippen molar-refractivity contribution < 1.29 is 4.74 Å². The minimum absolute atomic E-state index is 0.0465. The molecule has 2 nitrogen and oxygen atoms in total. The Morgan fingerprint density at radius 2 is 2.06 bits per heavy atom. The van der Waals surface area contributed by atoms with Gasteiger partial charge in [0.25, 0.3) is 0 Å². The number of nitrogens with two attached hydrogens (primary N) is 1. The van der Waals surface area contributed by atoms with Crippen LogP contribution < -0.4 is 5.73 Å². The van der Waals surface area contributed by atoms with Crippen LogP contribution in [0.25, 0.3) is 0 Å². The van der Waals surface area contributed by atoms with E-state index in [1.54, 1.807) is 7.11 Å². The van der Waals surface area contributed by atoms with Crippen LogP contribution in [-0.4, -0.2) is 13.7 Å². The predicted molar refractivity (Wildman–Crippen MR) is 71.1 cm³/mol. The van der Waals surface area contributed by atoms with E-state index in [4.69, 9.17) is 10.5 Å². The van der Waals surface area contributed by atoms with Gasteiger partial charge in [0, 0.05) is 18.1 Å². The van der Waals surface area contributed by atoms with Crippen LogP contribution in [-0.2, 0) is 15.7 Å². The highest BCUT2D eigenvalue weighted by molar-refractivity contribution is 5.34. The van der Waals surface area contributed by atoms with Gasteiger partial charge in [-0.1, -0.05) is 38.1 Å². The number of benzene rings is 1. The van der Waals surface area contributed by atoms with Crippen molar-refractivity contribution in [2.75, 3.05) is 13.7 Å². The third-order valence-corrected chi connectivity index (χ3v) is 3.97. The van der Waals surface area contributed by atoms with Gasteiger partial charge in [0.05, 0.1) is 6.61 Å². The first-order chi connectivity index (χ1) is 7.98. The minimum atomic E-state index is -0.0703. The standard InChI is InChI=1S/C15H23NO/c1-14(2,11-17-3)12-6-4-7-13(10-12)15(16)8-5-9-15/h4,6-7,10H,5,8-9,11,16H2,1-3H3. The molecule has 0 heterocycles. The molecule has 0 spiro atoms. The summed E-state index contributed by atoms with van der Waals surface area (Å²) < 4.78 is 5.30. The first kappa shape index (κ1) is 12.6. The Bertz CT molecular complexity index is 394. The lowest BCUT2D eigenvalue weighted by Gasteiger charge is -2.39. The van der Waals surface area contributed by atoms with Crippen LogP contribution in [0.1, 0.15) is 44.2 Å². The molecule has 0 aliphatic heterocycles. The fourth-order valence-corrected chi connectivity index (χ4v) is 2.54. The lowest BCUT2D eigenvalue weighted by molar-refractivity contribution is 0.146. The average molecular weight is 233 g/mol. The van der Waals surface area contributed by atoms with Crippen LogP contribution in [0.5, 0.6) is 0 Å². The molecule has 2 rings (SSSR count). The van der Waals surface area contributed by atoms with Crippen molar-refractivity contribution in [1.82, 2.24) is 0 Å². The molecule has 17 heavy (non-hydrogen) atoms. The van der Waals surface area contributed by atoms with E-state index in [1.165, 1.54) is 17.5 Å². The molecule has 2 heteroatoms. The first-order valence-electron chi connectivity index (χ1n) is 6.37. The van der Waals surface area contributed by atoms with Crippen molar-refractivity contribution in [2.45, 2.75) is 44.1 Å². The van der Waals surface area contributed by atoms with Gasteiger partial charge < -0.3 is 10.5 Å². The van der Waals surface area contributed by atoms with Gasteiger partial charge in [-0.05, 0) is 30.4 Å². The summed E-state index contributed by atoms with van der Waals surface area (Å²) in [7, 11) is 1.75. The molecule has 1 aromatic rings. The lowest BCUT2D eigenvalue weighted by atomic mass is 9.71. The third-order valence-electron chi connectivity index (χ3n) is 3.97. The maximum absolute atomic E-state index is 6.38. The highest BCUT2D eigenvalue weighted by Crippen LogP contribution is 2.39. The second-order valence-electron chi connectivity index (χ2n) is 5.91. The Morgan fingerprint density at radius 1 is 1.35 bits per heavy atom. The SMILES string of the molecule is COCC(C)(C)c1cccc(C2(N)CCC2)c1. The van der Waals surface area contributed by atoms with Gasteiger partial charge in [0.15, 0.2) is 0 Å². The van der Waals surface area contributed by atoms with Crippen LogP contribution >= 0.6 is 0 Å². The second kappa shape index (κ2) is 4.43. The summed E-state index contributed by atoms with van der Waals surface area (Å²) in [6, 6.07) is 8.71. The maximum atomic E-state index is 6.38. The zero-order valence-electron chi connectivity index (χ0n) is 11.1. The zero-order chi connectivity index (χ0) is 12.5. The largest absolute Gasteiger partial charge is 0.384 e. The maximum Gasteiger partial charge on any atom is 0.0553 e. The molecule has 94 valence electrons. The summed E-state index contributed by atoms with van der Waals surface area (Å²) in [5.74, 6) is 0. The van der Waals surface area contributed by atoms with E-state index < -0.39 is 0 Å². The van der Waals surface area contributed by atoms with E-state index in [0.29, 0.717) is 0 Å². The molecular weight excluding hydrogens is 210 g/mol. The second-order valence-corrected chi connectivity index (χ2v) is 5.91. The Kier molecular flexibility index (Phi) is 3.28. The average Bonchev–Trinajstić information content (AvgIpc) is 2.26. The summed E-state index contributed by atoms with van der Waals surface area (Å²) in [6.45, 7) is 5.15. The van der Waals surface area contributed by atoms with Crippen LogP contribution in [0.3, 0.4) is 0 Å². The van der Waals surface area contributed by atoms with E-state index in [2.05, 4.69) is 38.1 Å². The van der Waals surface area contributed by atoms with E-state index >= 15 is 0 Å². The van der Waals surface area contributed by atoms with E-state index in [-0.39, 0.29) is 11.0 Å². The highest BCUT2D eigenvalue weighted by Gasteiger charge is 2.35. The number of methoxy groups -OCH3 is 1. The Balaban J connectivity index is 2.28. The Morgan fingerprint density at radius 3 is 2.59 bits per heavy atom. The summed E-state index contributed by atoms with van der Waals surface area (Å²) in [5.41, 5.74) is 8.95. The molecule has 1 aromatic carbocycles. The van der Waals surface area contributed by atoms with Crippen molar-refractivity contribution in [3.8, 4) is 0 Å². The van der Waals surface area contributed by atoms with Gasteiger partial charge in [-0.3, -0.25) is 0 Å². The van der Waals surface area contributed by atoms with Crippen molar-refractivity contribution in [2.24, 2.45) is 5.73 Å². The molecule has 0 bridgehead atoms. The quantitative estimate of drug-likeness (QED) is 0.867. The normalized spacial score (nSPS) is 18.8. The number of rotatable bonds is 4. The van der Waals surface area contributed by atoms with E-state index in [9.17, 15) is 0 Å². The summed E-state index contributed by atoms with van der Waals surface area (Å²) in [5, 5.41) is 0. The lowest BCUT2D eigenvalue weighted by Crippen LogP contribution is -2.43. The van der Waals surface area contributed by atoms with Crippen LogP contribution in [0, 0.1) is 0 Å². The van der Waals surface area contributed by atoms with Gasteiger partial charge in [-0.15, -0.1) is 0 Å². The zero-order valence-corrected chi connectivity index (χ0v) is 11.1. The molecule has 0 radical (unpaired) electrons. The van der Waals surface area contributed by atoms with Crippen molar-refractivity contribution in [3.05, 3.63) is 35.4 Å². The Labute approximate surface area is 104 Å². The van der Waals surface area contributed by atoms with E-state index in [1.807, 2.05) is 0 Å². The summed E-state index contributed by atoms with van der Waals surface area (Å²) >= 11 is 0. The van der Waals surface area contributed by atoms with Crippen LogP contribution in [0.4, 0.5) is 0 Å². The predicted octanol–water partition coefficient (Wildman–Crippen LogP) is 2.95. The molecule has 0 unspecified atom stereocenters. The minimum Gasteiger partial charge on any atom is -0.384 e. The molecule has 2 N–H and O–H groups in total. The smallest absolute Gasteiger partial charge is 0.0553 e. The summed E-state index contributed by atoms with van der Waals surface area (Å²) in [4.78, 5) is 0. The van der Waals surface area contributed by atoms with E-state index in [0.717, 1.165) is 19.4 Å². The molecule has 1 fully saturated rings. The molecule has 0 atom stereocenters. The number of hydrogen-bond acceptors (Lipinski definition) is 2. The molecule has 1 aliphatic rings. The fraction of sp³-hybridized carbons (Fsp3) is 0.600. The van der Waals surface area contributed by atoms with Crippen LogP contribution in [0.2, 0.25) is 0 Å². The molecular formula is C15H23NO. The van der Waals surface area contributed by atoms with Crippen LogP contribution in [0.15, 0.2) is 24.3 Å².